The van der Waals surface area contributed by atoms with E-state index in [0.717, 1.165) is 0 Å². The summed E-state index contributed by atoms with van der Waals surface area (Å²) in [6.07, 6.45) is 1.80. The lowest BCUT2D eigenvalue weighted by atomic mass is 10.0. The van der Waals surface area contributed by atoms with E-state index < -0.39 is 0 Å². The summed E-state index contributed by atoms with van der Waals surface area (Å²) in [6.45, 7) is 1.72. The third kappa shape index (κ3) is 3.05. The number of nitrogens with zero attached hydrogens (tertiary/aromatic N) is 1. The number of nitrogens with two attached hydrogens (primary N) is 1. The molecule has 0 saturated heterocycles. The van der Waals surface area contributed by atoms with Crippen LogP contribution in [0.5, 0.6) is 0 Å². The predicted octanol–water partition coefficient (Wildman–Crippen LogP) is 1.23. The van der Waals surface area contributed by atoms with Crippen molar-refractivity contribution < 1.29 is 9.53 Å². The molecule has 1 atom stereocenters. The van der Waals surface area contributed by atoms with Crippen LogP contribution >= 0.6 is 0 Å². The fourth-order valence-electron chi connectivity index (χ4n) is 1.28. The summed E-state index contributed by atoms with van der Waals surface area (Å²) < 4.78 is 4.59. The Kier molecular flexibility index (Phi) is 3.99. The number of nitrogens with one attached hydrogen (secondary N) is 1. The molecule has 0 radical (unpaired) electrons. The minimum Gasteiger partial charge on any atom is -0.469 e. The Bertz CT molecular complexity index is 387. The van der Waals surface area contributed by atoms with Crippen molar-refractivity contribution in [1.29, 1.82) is 5.41 Å². The zero-order valence-electron chi connectivity index (χ0n) is 9.36. The van der Waals surface area contributed by atoms with Crippen molar-refractivity contribution in [3.05, 3.63) is 24.0 Å². The van der Waals surface area contributed by atoms with Gasteiger partial charge in [0.2, 0.25) is 0 Å². The van der Waals surface area contributed by atoms with Crippen LogP contribution in [-0.4, -0.2) is 23.8 Å². The second-order valence-electron chi connectivity index (χ2n) is 3.58. The summed E-state index contributed by atoms with van der Waals surface area (Å²) in [5, 5.41) is 7.79. The minimum absolute atomic E-state index is 0.304. The van der Waals surface area contributed by atoms with E-state index in [9.17, 15) is 4.79 Å². The van der Waals surface area contributed by atoms with Crippen LogP contribution in [-0.2, 0) is 9.53 Å². The van der Waals surface area contributed by atoms with Gasteiger partial charge in [-0.1, -0.05) is 6.92 Å². The molecule has 5 heteroatoms. The van der Waals surface area contributed by atoms with E-state index in [0.29, 0.717) is 23.5 Å². The molecule has 16 heavy (non-hydrogen) atoms. The number of nitrogen functional groups attached to an aromatic ring is 1. The van der Waals surface area contributed by atoms with E-state index in [1.807, 2.05) is 0 Å². The van der Waals surface area contributed by atoms with Gasteiger partial charge in [-0.3, -0.25) is 9.78 Å². The van der Waals surface area contributed by atoms with E-state index in [4.69, 9.17) is 11.1 Å². The monoisotopic (exact) mass is 221 g/mol. The lowest BCUT2D eigenvalue weighted by molar-refractivity contribution is -0.144. The van der Waals surface area contributed by atoms with E-state index in [1.54, 1.807) is 19.1 Å². The van der Waals surface area contributed by atoms with Gasteiger partial charge in [0.15, 0.2) is 0 Å². The van der Waals surface area contributed by atoms with Gasteiger partial charge in [-0.2, -0.15) is 0 Å². The van der Waals surface area contributed by atoms with Gasteiger partial charge in [-0.05, 0) is 12.1 Å². The Morgan fingerprint density at radius 3 is 2.81 bits per heavy atom. The van der Waals surface area contributed by atoms with Crippen LogP contribution in [0.3, 0.4) is 0 Å². The normalized spacial score (nSPS) is 11.9. The largest absolute Gasteiger partial charge is 0.469 e. The maximum Gasteiger partial charge on any atom is 0.308 e. The highest BCUT2D eigenvalue weighted by atomic mass is 16.5. The Morgan fingerprint density at radius 1 is 1.62 bits per heavy atom. The average molecular weight is 221 g/mol. The standard InChI is InChI=1S/C11H15N3O2/c1-7(11(15)16-2)5-9(13)10-4-3-8(12)6-14-10/h3-4,6-7,13H,5,12H2,1-2H3. The van der Waals surface area contributed by atoms with E-state index >= 15 is 0 Å². The topological polar surface area (TPSA) is 89.1 Å². The molecule has 86 valence electrons. The van der Waals surface area contributed by atoms with Crippen molar-refractivity contribution in [3.63, 3.8) is 0 Å². The highest BCUT2D eigenvalue weighted by Crippen LogP contribution is 2.10. The lowest BCUT2D eigenvalue weighted by Crippen LogP contribution is -2.17. The fraction of sp³-hybridized carbons (Fsp3) is 0.364. The van der Waals surface area contributed by atoms with Crippen molar-refractivity contribution in [2.24, 2.45) is 5.92 Å². The van der Waals surface area contributed by atoms with Crippen molar-refractivity contribution in [2.45, 2.75) is 13.3 Å². The molecule has 0 spiro atoms. The molecule has 1 rings (SSSR count). The number of ether oxygens (including phenoxy) is 1. The number of hydrogen-bond donors (Lipinski definition) is 2. The molecule has 0 aliphatic rings. The molecule has 5 nitrogen and oxygen atoms in total. The highest BCUT2D eigenvalue weighted by Gasteiger charge is 2.16. The molecule has 1 unspecified atom stereocenters. The van der Waals surface area contributed by atoms with Gasteiger partial charge < -0.3 is 15.9 Å². The summed E-state index contributed by atoms with van der Waals surface area (Å²) >= 11 is 0. The maximum atomic E-state index is 11.2. The Morgan fingerprint density at radius 2 is 2.31 bits per heavy atom. The van der Waals surface area contributed by atoms with Gasteiger partial charge >= 0.3 is 5.97 Å². The van der Waals surface area contributed by atoms with E-state index in [-0.39, 0.29) is 11.9 Å². The first-order chi connectivity index (χ1) is 7.54. The van der Waals surface area contributed by atoms with Gasteiger partial charge in [0.05, 0.1) is 36.3 Å². The number of methoxy groups -OCH3 is 1. The van der Waals surface area contributed by atoms with Crippen molar-refractivity contribution in [1.82, 2.24) is 4.98 Å². The molecular weight excluding hydrogens is 206 g/mol. The van der Waals surface area contributed by atoms with Crippen molar-refractivity contribution >= 4 is 17.4 Å². The third-order valence-corrected chi connectivity index (χ3v) is 2.21. The van der Waals surface area contributed by atoms with Gasteiger partial charge in [-0.15, -0.1) is 0 Å². The minimum atomic E-state index is -0.336. The number of anilines is 1. The number of carbonyl (C=O) groups is 1. The maximum absolute atomic E-state index is 11.2. The average Bonchev–Trinajstić information content (AvgIpc) is 2.28. The van der Waals surface area contributed by atoms with E-state index in [1.165, 1.54) is 13.3 Å². The molecule has 0 bridgehead atoms. The molecular formula is C11H15N3O2. The zero-order chi connectivity index (χ0) is 12.1. The number of aromatic nitrogens is 1. The van der Waals surface area contributed by atoms with Gasteiger partial charge in [0.25, 0.3) is 0 Å². The summed E-state index contributed by atoms with van der Waals surface area (Å²) in [5.74, 6) is -0.656. The molecule has 0 aliphatic carbocycles. The molecule has 0 saturated carbocycles. The van der Waals surface area contributed by atoms with Crippen LogP contribution in [0.1, 0.15) is 19.0 Å². The number of carbonyl (C=O) groups excluding carboxylic acids is 1. The molecule has 0 fully saturated rings. The van der Waals surface area contributed by atoms with E-state index in [2.05, 4.69) is 9.72 Å². The van der Waals surface area contributed by atoms with Crippen LogP contribution < -0.4 is 5.73 Å². The number of rotatable bonds is 4. The van der Waals surface area contributed by atoms with Gasteiger partial charge in [-0.25, -0.2) is 0 Å². The molecule has 0 amide bonds. The summed E-state index contributed by atoms with van der Waals surface area (Å²) in [5.41, 5.74) is 6.88. The summed E-state index contributed by atoms with van der Waals surface area (Å²) in [7, 11) is 1.34. The SMILES string of the molecule is COC(=O)C(C)CC(=N)c1ccc(N)cn1. The van der Waals surface area contributed by atoms with Crippen molar-refractivity contribution in [2.75, 3.05) is 12.8 Å². The van der Waals surface area contributed by atoms with Gasteiger partial charge in [0, 0.05) is 6.42 Å². The summed E-state index contributed by atoms with van der Waals surface area (Å²) in [6, 6.07) is 3.35. The lowest BCUT2D eigenvalue weighted by Gasteiger charge is -2.09. The van der Waals surface area contributed by atoms with Crippen LogP contribution in [0, 0.1) is 11.3 Å². The Hall–Kier alpha value is -1.91. The van der Waals surface area contributed by atoms with Gasteiger partial charge in [0.1, 0.15) is 0 Å². The fourth-order valence-corrected chi connectivity index (χ4v) is 1.28. The molecule has 0 aromatic carbocycles. The zero-order valence-corrected chi connectivity index (χ0v) is 9.36. The smallest absolute Gasteiger partial charge is 0.308 e. The molecule has 3 N–H and O–H groups in total. The highest BCUT2D eigenvalue weighted by molar-refractivity contribution is 5.98. The quantitative estimate of drug-likeness (QED) is 0.591. The number of esters is 1. The molecule has 1 aromatic rings. The number of pyridine rings is 1. The Labute approximate surface area is 94.1 Å². The third-order valence-electron chi connectivity index (χ3n) is 2.21. The van der Waals surface area contributed by atoms with Crippen LogP contribution in [0.15, 0.2) is 18.3 Å². The van der Waals surface area contributed by atoms with Crippen molar-refractivity contribution in [3.8, 4) is 0 Å². The molecule has 0 aliphatic heterocycles. The first kappa shape index (κ1) is 12.2. The predicted molar refractivity (Wildman–Crippen MR) is 61.3 cm³/mol. The summed E-state index contributed by atoms with van der Waals surface area (Å²) in [4.78, 5) is 15.2. The second-order valence-corrected chi connectivity index (χ2v) is 3.58. The first-order valence-electron chi connectivity index (χ1n) is 4.91. The van der Waals surface area contributed by atoms with Crippen LogP contribution in [0.2, 0.25) is 0 Å². The first-order valence-corrected chi connectivity index (χ1v) is 4.91. The second kappa shape index (κ2) is 5.25. The molecule has 1 heterocycles. The number of hydrogen-bond acceptors (Lipinski definition) is 5. The van der Waals surface area contributed by atoms with Crippen LogP contribution in [0.4, 0.5) is 5.69 Å². The Balaban J connectivity index is 2.65. The molecule has 1 aromatic heterocycles. The van der Waals surface area contributed by atoms with Crippen LogP contribution in [0.25, 0.3) is 0 Å².